The predicted molar refractivity (Wildman–Crippen MR) is 127 cm³/mol. The molecule has 0 radical (unpaired) electrons. The van der Waals surface area contributed by atoms with Gasteiger partial charge in [0.25, 0.3) is 0 Å². The number of hydrogen-bond acceptors (Lipinski definition) is 6. The summed E-state index contributed by atoms with van der Waals surface area (Å²) in [6, 6.07) is 7.04. The summed E-state index contributed by atoms with van der Waals surface area (Å²) in [6.45, 7) is 14.0. The molecule has 4 heterocycles. The molecule has 3 aliphatic heterocycles. The van der Waals surface area contributed by atoms with Crippen LogP contribution in [-0.4, -0.2) is 55.7 Å². The van der Waals surface area contributed by atoms with E-state index >= 15 is 0 Å². The third-order valence-corrected chi connectivity index (χ3v) is 11.7. The number of amidine groups is 1. The maximum atomic E-state index is 6.62. The van der Waals surface area contributed by atoms with Gasteiger partial charge in [-0.25, -0.2) is 4.68 Å². The molecule has 0 amide bonds. The first-order valence-electron chi connectivity index (χ1n) is 11.6. The molecule has 0 bridgehead atoms. The maximum Gasteiger partial charge on any atom is 0.250 e. The zero-order valence-corrected chi connectivity index (χ0v) is 20.4. The standard InChI is InChI=1S/C23H35N5O2Si/c1-23(2,3)31(4,5)30-15-9-10-19-16(12-15)21(22-25-17-13-24-14-18(17)26-22)27-28(19)20-8-6-7-11-29-20/h9-10,12,17-18,20,24H,6-8,11,13-14H2,1-5H3,(H,25,26). The van der Waals surface area contributed by atoms with Crippen LogP contribution in [0.25, 0.3) is 10.9 Å². The lowest BCUT2D eigenvalue weighted by Crippen LogP contribution is -2.43. The minimum atomic E-state index is -1.93. The average molecular weight is 442 g/mol. The van der Waals surface area contributed by atoms with Crippen LogP contribution in [0, 0.1) is 0 Å². The molecule has 3 atom stereocenters. The Morgan fingerprint density at radius 2 is 2.03 bits per heavy atom. The molecule has 3 aliphatic rings. The molecule has 1 aromatic heterocycles. The molecule has 0 saturated carbocycles. The van der Waals surface area contributed by atoms with E-state index in [1.54, 1.807) is 0 Å². The van der Waals surface area contributed by atoms with Crippen LogP contribution < -0.4 is 15.1 Å². The van der Waals surface area contributed by atoms with Gasteiger partial charge >= 0.3 is 0 Å². The number of rotatable bonds is 4. The number of fused-ring (bicyclic) bond motifs is 2. The third-order valence-electron chi connectivity index (χ3n) is 7.31. The van der Waals surface area contributed by atoms with E-state index in [9.17, 15) is 0 Å². The van der Waals surface area contributed by atoms with Gasteiger partial charge in [0, 0.05) is 25.1 Å². The smallest absolute Gasteiger partial charge is 0.250 e. The lowest BCUT2D eigenvalue weighted by atomic mass is 10.1. The van der Waals surface area contributed by atoms with Crippen molar-refractivity contribution in [2.24, 2.45) is 4.99 Å². The van der Waals surface area contributed by atoms with Gasteiger partial charge in [-0.15, -0.1) is 0 Å². The molecule has 31 heavy (non-hydrogen) atoms. The highest BCUT2D eigenvalue weighted by molar-refractivity contribution is 6.74. The fourth-order valence-electron chi connectivity index (χ4n) is 4.40. The molecular formula is C23H35N5O2Si. The SMILES string of the molecule is CC(C)(C)[Si](C)(C)Oc1ccc2c(c1)c(C1=NC3CNCC3N1)nn2C1CCCCO1. The Kier molecular flexibility index (Phi) is 5.14. The van der Waals surface area contributed by atoms with Crippen LogP contribution in [0.5, 0.6) is 5.75 Å². The molecule has 2 N–H and O–H groups in total. The molecule has 8 heteroatoms. The quantitative estimate of drug-likeness (QED) is 0.706. The Hall–Kier alpha value is -1.90. The highest BCUT2D eigenvalue weighted by atomic mass is 28.4. The van der Waals surface area contributed by atoms with Crippen LogP contribution >= 0.6 is 0 Å². The first kappa shape index (κ1) is 21.0. The molecule has 3 unspecified atom stereocenters. The number of nitrogens with one attached hydrogen (secondary N) is 2. The van der Waals surface area contributed by atoms with Gasteiger partial charge in [0.2, 0.25) is 8.32 Å². The molecule has 1 aromatic carbocycles. The van der Waals surface area contributed by atoms with Crippen LogP contribution in [0.1, 0.15) is 52.0 Å². The highest BCUT2D eigenvalue weighted by Crippen LogP contribution is 2.39. The first-order valence-corrected chi connectivity index (χ1v) is 14.5. The van der Waals surface area contributed by atoms with Gasteiger partial charge in [-0.3, -0.25) is 4.99 Å². The molecular weight excluding hydrogens is 406 g/mol. The number of aromatic nitrogens is 2. The van der Waals surface area contributed by atoms with Crippen LogP contribution in [0.3, 0.4) is 0 Å². The summed E-state index contributed by atoms with van der Waals surface area (Å²) >= 11 is 0. The molecule has 0 aliphatic carbocycles. The summed E-state index contributed by atoms with van der Waals surface area (Å²) < 4.78 is 14.8. The van der Waals surface area contributed by atoms with E-state index < -0.39 is 8.32 Å². The van der Waals surface area contributed by atoms with Crippen LogP contribution in [0.4, 0.5) is 0 Å². The Morgan fingerprint density at radius 3 is 2.74 bits per heavy atom. The van der Waals surface area contributed by atoms with Gasteiger partial charge in [-0.1, -0.05) is 20.8 Å². The van der Waals surface area contributed by atoms with Crippen LogP contribution in [0.15, 0.2) is 23.2 Å². The Labute approximate surface area is 185 Å². The summed E-state index contributed by atoms with van der Waals surface area (Å²) in [5.74, 6) is 1.82. The molecule has 2 aromatic rings. The van der Waals surface area contributed by atoms with Crippen molar-refractivity contribution in [3.8, 4) is 5.75 Å². The predicted octanol–water partition coefficient (Wildman–Crippen LogP) is 3.81. The van der Waals surface area contributed by atoms with Crippen LogP contribution in [0.2, 0.25) is 18.1 Å². The van der Waals surface area contributed by atoms with Gasteiger partial charge in [0.15, 0.2) is 12.1 Å². The Balaban J connectivity index is 1.57. The van der Waals surface area contributed by atoms with E-state index in [4.69, 9.17) is 19.3 Å². The number of benzene rings is 1. The molecule has 0 spiro atoms. The van der Waals surface area contributed by atoms with E-state index in [2.05, 4.69) is 67.4 Å². The van der Waals surface area contributed by atoms with Crippen molar-refractivity contribution in [3.05, 3.63) is 23.9 Å². The monoisotopic (exact) mass is 441 g/mol. The largest absolute Gasteiger partial charge is 0.543 e. The third kappa shape index (κ3) is 3.79. The van der Waals surface area contributed by atoms with Gasteiger partial charge < -0.3 is 19.8 Å². The Morgan fingerprint density at radius 1 is 1.19 bits per heavy atom. The summed E-state index contributed by atoms with van der Waals surface area (Å²) in [6.07, 6.45) is 3.27. The average Bonchev–Trinajstić information content (AvgIpc) is 3.40. The van der Waals surface area contributed by atoms with Gasteiger partial charge in [0.05, 0.1) is 17.6 Å². The van der Waals surface area contributed by atoms with Gasteiger partial charge in [0.1, 0.15) is 11.4 Å². The molecule has 168 valence electrons. The van der Waals surface area contributed by atoms with Crippen LogP contribution in [-0.2, 0) is 4.74 Å². The summed E-state index contributed by atoms with van der Waals surface area (Å²) in [7, 11) is -1.93. The first-order chi connectivity index (χ1) is 14.7. The molecule has 5 rings (SSSR count). The van der Waals surface area contributed by atoms with E-state index in [0.29, 0.717) is 6.04 Å². The van der Waals surface area contributed by atoms with E-state index in [0.717, 1.165) is 60.7 Å². The van der Waals surface area contributed by atoms with Gasteiger partial charge in [-0.05, 0) is 55.6 Å². The Bertz CT molecular complexity index is 1000. The summed E-state index contributed by atoms with van der Waals surface area (Å²) in [4.78, 5) is 4.97. The fraction of sp³-hybridized carbons (Fsp3) is 0.652. The van der Waals surface area contributed by atoms with Crippen molar-refractivity contribution in [2.75, 3.05) is 19.7 Å². The van der Waals surface area contributed by atoms with Gasteiger partial charge in [-0.2, -0.15) is 5.10 Å². The summed E-state index contributed by atoms with van der Waals surface area (Å²) in [5.41, 5.74) is 2.00. The minimum absolute atomic E-state index is 0.0136. The number of ether oxygens (including phenoxy) is 1. The lowest BCUT2D eigenvalue weighted by molar-refractivity contribution is -0.0367. The van der Waals surface area contributed by atoms with E-state index in [1.165, 1.54) is 6.42 Å². The van der Waals surface area contributed by atoms with Crippen molar-refractivity contribution in [1.29, 1.82) is 0 Å². The number of nitrogens with zero attached hydrogens (tertiary/aromatic N) is 3. The second-order valence-corrected chi connectivity index (χ2v) is 15.3. The molecule has 2 saturated heterocycles. The number of aliphatic imine (C=N–C) groups is 1. The van der Waals surface area contributed by atoms with Crippen molar-refractivity contribution in [3.63, 3.8) is 0 Å². The lowest BCUT2D eigenvalue weighted by Gasteiger charge is -2.36. The van der Waals surface area contributed by atoms with Crippen molar-refractivity contribution < 1.29 is 9.16 Å². The molecule has 7 nitrogen and oxygen atoms in total. The van der Waals surface area contributed by atoms with E-state index in [1.807, 2.05) is 0 Å². The zero-order chi connectivity index (χ0) is 21.8. The normalized spacial score (nSPS) is 26.6. The highest BCUT2D eigenvalue weighted by Gasteiger charge is 2.39. The van der Waals surface area contributed by atoms with Crippen molar-refractivity contribution in [2.45, 2.75) is 76.5 Å². The van der Waals surface area contributed by atoms with Crippen molar-refractivity contribution >= 4 is 25.1 Å². The zero-order valence-electron chi connectivity index (χ0n) is 19.4. The minimum Gasteiger partial charge on any atom is -0.543 e. The maximum absolute atomic E-state index is 6.62. The topological polar surface area (TPSA) is 72.7 Å². The van der Waals surface area contributed by atoms with E-state index in [-0.39, 0.29) is 17.3 Å². The summed E-state index contributed by atoms with van der Waals surface area (Å²) in [5, 5.41) is 13.3. The van der Waals surface area contributed by atoms with Crippen molar-refractivity contribution in [1.82, 2.24) is 20.4 Å². The molecule has 2 fully saturated rings. The second kappa shape index (κ2) is 7.60. The fourth-order valence-corrected chi connectivity index (χ4v) is 5.42. The number of hydrogen-bond donors (Lipinski definition) is 2. The second-order valence-electron chi connectivity index (χ2n) is 10.6.